The molecule has 13 heavy (non-hydrogen) atoms. The van der Waals surface area contributed by atoms with Crippen molar-refractivity contribution in [2.24, 2.45) is 0 Å². The van der Waals surface area contributed by atoms with E-state index in [-0.39, 0.29) is 5.54 Å². The van der Waals surface area contributed by atoms with Gasteiger partial charge in [-0.25, -0.2) is 8.78 Å². The second-order valence-corrected chi connectivity index (χ2v) is 4.21. The van der Waals surface area contributed by atoms with Crippen molar-refractivity contribution in [2.45, 2.75) is 38.8 Å². The predicted octanol–water partition coefficient (Wildman–Crippen LogP) is 1.57. The molecule has 0 radical (unpaired) electrons. The normalized spacial score (nSPS) is 15.5. The van der Waals surface area contributed by atoms with Gasteiger partial charge >= 0.3 is 0 Å². The Kier molecular flexibility index (Phi) is 4.78. The lowest BCUT2D eigenvalue weighted by atomic mass is 10.0. The summed E-state index contributed by atoms with van der Waals surface area (Å²) >= 11 is 0. The number of nitrogens with zero attached hydrogens (tertiary/aromatic N) is 1. The molecule has 0 saturated carbocycles. The third-order valence-electron chi connectivity index (χ3n) is 2.45. The molecule has 2 nitrogen and oxygen atoms in total. The molecular formula is C9H20F2N2. The standard InChI is InChI=1S/C9H20F2N2/c1-7(8(10)11)12-6-9(2,3)13(4)5/h7-8,12H,6H2,1-5H3. The van der Waals surface area contributed by atoms with Gasteiger partial charge in [0.25, 0.3) is 6.43 Å². The number of alkyl halides is 2. The van der Waals surface area contributed by atoms with Crippen LogP contribution in [0.1, 0.15) is 20.8 Å². The maximum absolute atomic E-state index is 12.1. The van der Waals surface area contributed by atoms with Gasteiger partial charge in [0, 0.05) is 12.1 Å². The van der Waals surface area contributed by atoms with Crippen LogP contribution in [0, 0.1) is 0 Å². The highest BCUT2D eigenvalue weighted by Gasteiger charge is 2.22. The summed E-state index contributed by atoms with van der Waals surface area (Å²) in [5.41, 5.74) is -0.0941. The van der Waals surface area contributed by atoms with Crippen molar-refractivity contribution in [1.82, 2.24) is 10.2 Å². The van der Waals surface area contributed by atoms with Crippen molar-refractivity contribution < 1.29 is 8.78 Å². The summed E-state index contributed by atoms with van der Waals surface area (Å²) < 4.78 is 24.3. The Labute approximate surface area is 79.3 Å². The quantitative estimate of drug-likeness (QED) is 0.714. The topological polar surface area (TPSA) is 15.3 Å². The molecule has 0 aromatic rings. The molecule has 4 heteroatoms. The highest BCUT2D eigenvalue weighted by Crippen LogP contribution is 2.09. The van der Waals surface area contributed by atoms with E-state index in [9.17, 15) is 8.78 Å². The Morgan fingerprint density at radius 2 is 1.77 bits per heavy atom. The molecule has 1 atom stereocenters. The molecule has 0 rings (SSSR count). The van der Waals surface area contributed by atoms with E-state index in [1.165, 1.54) is 6.92 Å². The lowest BCUT2D eigenvalue weighted by Crippen LogP contribution is -2.49. The maximum Gasteiger partial charge on any atom is 0.253 e. The minimum Gasteiger partial charge on any atom is -0.307 e. The van der Waals surface area contributed by atoms with E-state index in [0.717, 1.165) is 0 Å². The first-order chi connectivity index (χ1) is 5.77. The third kappa shape index (κ3) is 4.52. The number of hydrogen-bond donors (Lipinski definition) is 1. The van der Waals surface area contributed by atoms with Gasteiger partial charge < -0.3 is 10.2 Å². The van der Waals surface area contributed by atoms with Crippen molar-refractivity contribution in [1.29, 1.82) is 0 Å². The van der Waals surface area contributed by atoms with E-state index in [4.69, 9.17) is 0 Å². The van der Waals surface area contributed by atoms with Gasteiger partial charge in [0.15, 0.2) is 0 Å². The third-order valence-corrected chi connectivity index (χ3v) is 2.45. The lowest BCUT2D eigenvalue weighted by molar-refractivity contribution is 0.0938. The molecular weight excluding hydrogens is 174 g/mol. The van der Waals surface area contributed by atoms with E-state index in [1.54, 1.807) is 0 Å². The lowest BCUT2D eigenvalue weighted by Gasteiger charge is -2.33. The van der Waals surface area contributed by atoms with E-state index in [2.05, 4.69) is 5.32 Å². The number of halogens is 2. The second kappa shape index (κ2) is 4.86. The van der Waals surface area contributed by atoms with Gasteiger partial charge in [-0.15, -0.1) is 0 Å². The number of hydrogen-bond acceptors (Lipinski definition) is 2. The first-order valence-electron chi connectivity index (χ1n) is 4.46. The van der Waals surface area contributed by atoms with Crippen molar-refractivity contribution in [2.75, 3.05) is 20.6 Å². The van der Waals surface area contributed by atoms with Crippen LogP contribution < -0.4 is 5.32 Å². The molecule has 0 aromatic carbocycles. The summed E-state index contributed by atoms with van der Waals surface area (Å²) in [4.78, 5) is 2.01. The van der Waals surface area contributed by atoms with E-state index in [1.807, 2.05) is 32.8 Å². The van der Waals surface area contributed by atoms with E-state index in [0.29, 0.717) is 6.54 Å². The van der Waals surface area contributed by atoms with E-state index >= 15 is 0 Å². The monoisotopic (exact) mass is 194 g/mol. The minimum absolute atomic E-state index is 0.0941. The maximum atomic E-state index is 12.1. The summed E-state index contributed by atoms with van der Waals surface area (Å²) in [5.74, 6) is 0. The fourth-order valence-electron chi connectivity index (χ4n) is 0.658. The SMILES string of the molecule is CC(NCC(C)(C)N(C)C)C(F)F. The average Bonchev–Trinajstić information content (AvgIpc) is 1.99. The smallest absolute Gasteiger partial charge is 0.253 e. The molecule has 1 N–H and O–H groups in total. The van der Waals surface area contributed by atoms with Crippen LogP contribution in [0.5, 0.6) is 0 Å². The molecule has 0 heterocycles. The first kappa shape index (κ1) is 12.8. The molecule has 0 aliphatic carbocycles. The fourth-order valence-corrected chi connectivity index (χ4v) is 0.658. The summed E-state index contributed by atoms with van der Waals surface area (Å²) in [6, 6.07) is -0.737. The molecule has 0 bridgehead atoms. The van der Waals surface area contributed by atoms with Gasteiger partial charge in [-0.05, 0) is 34.9 Å². The van der Waals surface area contributed by atoms with E-state index < -0.39 is 12.5 Å². The molecule has 0 spiro atoms. The van der Waals surface area contributed by atoms with Gasteiger partial charge in [0.05, 0.1) is 6.04 Å². The van der Waals surface area contributed by atoms with Gasteiger partial charge in [-0.2, -0.15) is 0 Å². The first-order valence-corrected chi connectivity index (χ1v) is 4.46. The van der Waals surface area contributed by atoms with Crippen LogP contribution in [0.25, 0.3) is 0 Å². The van der Waals surface area contributed by atoms with Crippen LogP contribution in [-0.2, 0) is 0 Å². The van der Waals surface area contributed by atoms with Crippen LogP contribution in [0.3, 0.4) is 0 Å². The molecule has 0 aliphatic heterocycles. The summed E-state index contributed by atoms with van der Waals surface area (Å²) in [7, 11) is 3.88. The molecule has 0 aromatic heterocycles. The van der Waals surface area contributed by atoms with Crippen molar-refractivity contribution in [3.05, 3.63) is 0 Å². The molecule has 0 fully saturated rings. The highest BCUT2D eigenvalue weighted by atomic mass is 19.3. The van der Waals surface area contributed by atoms with Gasteiger partial charge in [0.1, 0.15) is 0 Å². The molecule has 1 unspecified atom stereocenters. The Hall–Kier alpha value is -0.220. The Morgan fingerprint density at radius 1 is 1.31 bits per heavy atom. The van der Waals surface area contributed by atoms with Crippen molar-refractivity contribution >= 4 is 0 Å². The zero-order valence-corrected chi connectivity index (χ0v) is 9.06. The Balaban J connectivity index is 3.88. The summed E-state index contributed by atoms with van der Waals surface area (Å²) in [6.45, 7) is 6.08. The largest absolute Gasteiger partial charge is 0.307 e. The van der Waals surface area contributed by atoms with Crippen molar-refractivity contribution in [3.8, 4) is 0 Å². The number of rotatable bonds is 5. The van der Waals surface area contributed by atoms with Crippen LogP contribution in [-0.4, -0.2) is 43.5 Å². The Bertz CT molecular complexity index is 147. The second-order valence-electron chi connectivity index (χ2n) is 4.21. The summed E-state index contributed by atoms with van der Waals surface area (Å²) in [5, 5.41) is 2.81. The van der Waals surface area contributed by atoms with Crippen molar-refractivity contribution in [3.63, 3.8) is 0 Å². The molecule has 0 saturated heterocycles. The molecule has 0 aliphatic rings. The predicted molar refractivity (Wildman–Crippen MR) is 51.2 cm³/mol. The molecule has 80 valence electrons. The van der Waals surface area contributed by atoms with Crippen LogP contribution in [0.2, 0.25) is 0 Å². The van der Waals surface area contributed by atoms with Crippen LogP contribution in [0.15, 0.2) is 0 Å². The average molecular weight is 194 g/mol. The Morgan fingerprint density at radius 3 is 2.08 bits per heavy atom. The number of likely N-dealkylation sites (N-methyl/N-ethyl adjacent to an activating group) is 1. The van der Waals surface area contributed by atoms with Gasteiger partial charge in [-0.3, -0.25) is 0 Å². The zero-order chi connectivity index (χ0) is 10.6. The zero-order valence-electron chi connectivity index (χ0n) is 9.06. The van der Waals surface area contributed by atoms with Gasteiger partial charge in [0.2, 0.25) is 0 Å². The fraction of sp³-hybridized carbons (Fsp3) is 1.00. The van der Waals surface area contributed by atoms with Crippen LogP contribution in [0.4, 0.5) is 8.78 Å². The highest BCUT2D eigenvalue weighted by molar-refractivity contribution is 4.81. The van der Waals surface area contributed by atoms with Crippen LogP contribution >= 0.6 is 0 Å². The van der Waals surface area contributed by atoms with Gasteiger partial charge in [-0.1, -0.05) is 0 Å². The summed E-state index contributed by atoms with van der Waals surface area (Å²) in [6.07, 6.45) is -2.29. The number of nitrogens with one attached hydrogen (secondary N) is 1. The minimum atomic E-state index is -2.29. The molecule has 0 amide bonds.